The van der Waals surface area contributed by atoms with Gasteiger partial charge in [-0.1, -0.05) is 12.1 Å². The molecular weight excluding hydrogens is 306 g/mol. The van der Waals surface area contributed by atoms with Crippen LogP contribution in [-0.2, 0) is 4.74 Å². The van der Waals surface area contributed by atoms with Crippen LogP contribution in [0.1, 0.15) is 30.5 Å². The summed E-state index contributed by atoms with van der Waals surface area (Å²) in [6.45, 7) is 3.98. The van der Waals surface area contributed by atoms with Gasteiger partial charge in [-0.2, -0.15) is 10.2 Å². The molecule has 0 aliphatic rings. The number of nitrogens with zero attached hydrogens (tertiary/aromatic N) is 2. The number of anilines is 1. The summed E-state index contributed by atoms with van der Waals surface area (Å²) >= 11 is 0. The van der Waals surface area contributed by atoms with Gasteiger partial charge in [-0.05, 0) is 37.1 Å². The lowest BCUT2D eigenvalue weighted by Gasteiger charge is -2.02. The van der Waals surface area contributed by atoms with Gasteiger partial charge in [0.2, 0.25) is 17.5 Å². The van der Waals surface area contributed by atoms with Crippen LogP contribution in [0.15, 0.2) is 28.7 Å². The van der Waals surface area contributed by atoms with Crippen LogP contribution in [0, 0.1) is 11.3 Å². The maximum absolute atomic E-state index is 9.15. The highest BCUT2D eigenvalue weighted by atomic mass is 16.5. The van der Waals surface area contributed by atoms with Crippen molar-refractivity contribution < 1.29 is 13.9 Å². The SMILES string of the molecule is CCOCCCNc1oc(C=Cc2cccc(OC)c2)nc1C#N. The Morgan fingerprint density at radius 3 is 3.00 bits per heavy atom. The standard InChI is InChI=1S/C18H21N3O3/c1-3-23-11-5-10-20-18-16(13-19)21-17(24-18)9-8-14-6-4-7-15(12-14)22-2/h4,6-9,12,20H,3,5,10-11H2,1-2H3. The fourth-order valence-electron chi connectivity index (χ4n) is 2.04. The van der Waals surface area contributed by atoms with Crippen molar-refractivity contribution >= 4 is 18.0 Å². The molecule has 1 aromatic heterocycles. The molecule has 1 N–H and O–H groups in total. The van der Waals surface area contributed by atoms with E-state index in [0.717, 1.165) is 17.7 Å². The molecule has 0 bridgehead atoms. The van der Waals surface area contributed by atoms with Crippen molar-refractivity contribution in [3.8, 4) is 11.8 Å². The molecule has 1 aromatic carbocycles. The topological polar surface area (TPSA) is 80.3 Å². The highest BCUT2D eigenvalue weighted by Gasteiger charge is 2.10. The first-order valence-electron chi connectivity index (χ1n) is 7.81. The molecule has 2 rings (SSSR count). The molecule has 0 unspecified atom stereocenters. The van der Waals surface area contributed by atoms with Crippen LogP contribution in [0.4, 0.5) is 5.88 Å². The number of ether oxygens (including phenoxy) is 2. The Labute approximate surface area is 141 Å². The lowest BCUT2D eigenvalue weighted by molar-refractivity contribution is 0.147. The maximum Gasteiger partial charge on any atom is 0.232 e. The molecule has 0 saturated heterocycles. The van der Waals surface area contributed by atoms with Crippen LogP contribution < -0.4 is 10.1 Å². The molecule has 0 fully saturated rings. The summed E-state index contributed by atoms with van der Waals surface area (Å²) in [5, 5.41) is 12.2. The number of hydrogen-bond acceptors (Lipinski definition) is 6. The molecule has 0 amide bonds. The van der Waals surface area contributed by atoms with Gasteiger partial charge in [0.1, 0.15) is 11.8 Å². The Morgan fingerprint density at radius 2 is 2.25 bits per heavy atom. The molecule has 0 aliphatic heterocycles. The largest absolute Gasteiger partial charge is 0.497 e. The van der Waals surface area contributed by atoms with Crippen molar-refractivity contribution in [1.29, 1.82) is 5.26 Å². The summed E-state index contributed by atoms with van der Waals surface area (Å²) in [5.41, 5.74) is 1.20. The molecule has 0 aliphatic carbocycles. The Hall–Kier alpha value is -2.78. The van der Waals surface area contributed by atoms with E-state index in [4.69, 9.17) is 19.2 Å². The van der Waals surface area contributed by atoms with Gasteiger partial charge in [-0.15, -0.1) is 0 Å². The fourth-order valence-corrected chi connectivity index (χ4v) is 2.04. The van der Waals surface area contributed by atoms with Crippen LogP contribution in [0.25, 0.3) is 12.2 Å². The van der Waals surface area contributed by atoms with Gasteiger partial charge in [0, 0.05) is 25.8 Å². The zero-order valence-electron chi connectivity index (χ0n) is 13.9. The highest BCUT2D eigenvalue weighted by Crippen LogP contribution is 2.19. The van der Waals surface area contributed by atoms with Crippen molar-refractivity contribution in [2.24, 2.45) is 0 Å². The van der Waals surface area contributed by atoms with Crippen molar-refractivity contribution in [3.63, 3.8) is 0 Å². The Kier molecular flexibility index (Phi) is 6.87. The lowest BCUT2D eigenvalue weighted by atomic mass is 10.2. The number of hydrogen-bond donors (Lipinski definition) is 1. The van der Waals surface area contributed by atoms with Crippen LogP contribution in [0.3, 0.4) is 0 Å². The molecule has 0 radical (unpaired) electrons. The summed E-state index contributed by atoms with van der Waals surface area (Å²) in [4.78, 5) is 4.16. The molecule has 0 atom stereocenters. The van der Waals surface area contributed by atoms with E-state index in [-0.39, 0.29) is 5.69 Å². The highest BCUT2D eigenvalue weighted by molar-refractivity contribution is 5.67. The van der Waals surface area contributed by atoms with E-state index in [2.05, 4.69) is 10.3 Å². The molecule has 126 valence electrons. The molecule has 1 heterocycles. The van der Waals surface area contributed by atoms with Gasteiger partial charge >= 0.3 is 0 Å². The van der Waals surface area contributed by atoms with E-state index in [1.807, 2.05) is 43.3 Å². The predicted molar refractivity (Wildman–Crippen MR) is 92.7 cm³/mol. The lowest BCUT2D eigenvalue weighted by Crippen LogP contribution is -2.05. The van der Waals surface area contributed by atoms with Gasteiger partial charge in [0.15, 0.2) is 0 Å². The zero-order valence-corrected chi connectivity index (χ0v) is 13.9. The summed E-state index contributed by atoms with van der Waals surface area (Å²) in [6.07, 6.45) is 4.41. The van der Waals surface area contributed by atoms with Gasteiger partial charge in [0.25, 0.3) is 0 Å². The Morgan fingerprint density at radius 1 is 1.38 bits per heavy atom. The summed E-state index contributed by atoms with van der Waals surface area (Å²) < 4.78 is 16.0. The number of nitriles is 1. The number of aromatic nitrogens is 1. The number of oxazole rings is 1. The van der Waals surface area contributed by atoms with Gasteiger partial charge < -0.3 is 19.2 Å². The van der Waals surface area contributed by atoms with Crippen LogP contribution in [0.2, 0.25) is 0 Å². The second kappa shape index (κ2) is 9.38. The van der Waals surface area contributed by atoms with Gasteiger partial charge in [-0.25, -0.2) is 0 Å². The minimum absolute atomic E-state index is 0.247. The molecule has 6 nitrogen and oxygen atoms in total. The fraction of sp³-hybridized carbons (Fsp3) is 0.333. The first-order chi connectivity index (χ1) is 11.8. The average molecular weight is 327 g/mol. The van der Waals surface area contributed by atoms with Crippen LogP contribution >= 0.6 is 0 Å². The minimum Gasteiger partial charge on any atom is -0.497 e. The molecular formula is C18H21N3O3. The van der Waals surface area contributed by atoms with E-state index in [9.17, 15) is 0 Å². The molecule has 6 heteroatoms. The van der Waals surface area contributed by atoms with Crippen LogP contribution in [-0.4, -0.2) is 31.9 Å². The second-order valence-corrected chi connectivity index (χ2v) is 4.93. The first kappa shape index (κ1) is 17.6. The number of rotatable bonds is 9. The normalized spacial score (nSPS) is 10.7. The van der Waals surface area contributed by atoms with E-state index < -0.39 is 0 Å². The Bertz CT molecular complexity index is 717. The van der Waals surface area contributed by atoms with E-state index in [1.54, 1.807) is 13.2 Å². The summed E-state index contributed by atoms with van der Waals surface area (Å²) in [5.74, 6) is 1.54. The molecule has 2 aromatic rings. The minimum atomic E-state index is 0.247. The first-order valence-corrected chi connectivity index (χ1v) is 7.81. The van der Waals surface area contributed by atoms with E-state index >= 15 is 0 Å². The zero-order chi connectivity index (χ0) is 17.2. The van der Waals surface area contributed by atoms with Crippen molar-refractivity contribution in [3.05, 3.63) is 41.4 Å². The molecule has 0 spiro atoms. The second-order valence-electron chi connectivity index (χ2n) is 4.93. The quantitative estimate of drug-likeness (QED) is 0.709. The molecule has 24 heavy (non-hydrogen) atoms. The maximum atomic E-state index is 9.15. The van der Waals surface area contributed by atoms with Crippen LogP contribution in [0.5, 0.6) is 5.75 Å². The van der Waals surface area contributed by atoms with Crippen molar-refractivity contribution in [1.82, 2.24) is 4.98 Å². The summed E-state index contributed by atoms with van der Waals surface area (Å²) in [7, 11) is 1.62. The van der Waals surface area contributed by atoms with E-state index in [1.165, 1.54) is 0 Å². The van der Waals surface area contributed by atoms with Crippen molar-refractivity contribution in [2.45, 2.75) is 13.3 Å². The van der Waals surface area contributed by atoms with Gasteiger partial charge in [0.05, 0.1) is 7.11 Å². The third-order valence-electron chi connectivity index (χ3n) is 3.22. The number of benzene rings is 1. The van der Waals surface area contributed by atoms with E-state index in [0.29, 0.717) is 31.5 Å². The number of nitrogens with one attached hydrogen (secondary N) is 1. The van der Waals surface area contributed by atoms with Crippen molar-refractivity contribution in [2.75, 3.05) is 32.2 Å². The smallest absolute Gasteiger partial charge is 0.232 e. The monoisotopic (exact) mass is 327 g/mol. The Balaban J connectivity index is 2.00. The third-order valence-corrected chi connectivity index (χ3v) is 3.22. The third kappa shape index (κ3) is 5.14. The van der Waals surface area contributed by atoms with Gasteiger partial charge in [-0.3, -0.25) is 0 Å². The summed E-state index contributed by atoms with van der Waals surface area (Å²) in [6, 6.07) is 9.66. The average Bonchev–Trinajstić information content (AvgIpc) is 3.02. The predicted octanol–water partition coefficient (Wildman–Crippen LogP) is 3.56. The molecule has 0 saturated carbocycles. The number of methoxy groups -OCH3 is 1.